The number of rotatable bonds is 3. The first-order valence-corrected chi connectivity index (χ1v) is 6.24. The molecule has 94 valence electrons. The molecule has 2 atom stereocenters. The predicted molar refractivity (Wildman–Crippen MR) is 65.0 cm³/mol. The molecule has 0 heterocycles. The Morgan fingerprint density at radius 3 is 2.82 bits per heavy atom. The maximum atomic E-state index is 13.8. The third-order valence-electron chi connectivity index (χ3n) is 3.82. The molecule has 17 heavy (non-hydrogen) atoms. The number of hydrogen-bond donors (Lipinski definition) is 1. The zero-order chi connectivity index (χ0) is 12.5. The zero-order valence-corrected chi connectivity index (χ0v) is 10.4. The molecule has 0 saturated heterocycles. The third kappa shape index (κ3) is 2.49. The molecule has 0 aromatic heterocycles. The second-order valence-electron chi connectivity index (χ2n) is 5.18. The van der Waals surface area contributed by atoms with Gasteiger partial charge in [-0.2, -0.15) is 0 Å². The van der Waals surface area contributed by atoms with Crippen LogP contribution in [0.1, 0.15) is 38.7 Å². The molecule has 3 heteroatoms. The van der Waals surface area contributed by atoms with Crippen LogP contribution >= 0.6 is 0 Å². The van der Waals surface area contributed by atoms with Crippen LogP contribution in [0, 0.1) is 11.6 Å². The van der Waals surface area contributed by atoms with Crippen molar-refractivity contribution in [1.82, 2.24) is 5.32 Å². The summed E-state index contributed by atoms with van der Waals surface area (Å²) in [7, 11) is 0. The lowest BCUT2D eigenvalue weighted by Crippen LogP contribution is -2.29. The van der Waals surface area contributed by atoms with Crippen LogP contribution in [0.3, 0.4) is 0 Å². The van der Waals surface area contributed by atoms with Gasteiger partial charge in [0.05, 0.1) is 0 Å². The molecule has 1 aliphatic rings. The molecule has 0 aliphatic heterocycles. The molecule has 2 rings (SSSR count). The Morgan fingerprint density at radius 2 is 2.18 bits per heavy atom. The fraction of sp³-hybridized carbons (Fsp3) is 0.571. The van der Waals surface area contributed by atoms with Gasteiger partial charge in [0.15, 0.2) is 0 Å². The SMILES string of the molecule is CCNC1CCC(C)(c2ccc(F)cc2F)C1. The Bertz CT molecular complexity index is 405. The van der Waals surface area contributed by atoms with E-state index in [0.29, 0.717) is 11.6 Å². The van der Waals surface area contributed by atoms with E-state index in [0.717, 1.165) is 31.9 Å². The quantitative estimate of drug-likeness (QED) is 0.852. The lowest BCUT2D eigenvalue weighted by Gasteiger charge is -2.25. The van der Waals surface area contributed by atoms with Crippen molar-refractivity contribution in [2.24, 2.45) is 0 Å². The van der Waals surface area contributed by atoms with Crippen LogP contribution in [0.5, 0.6) is 0 Å². The van der Waals surface area contributed by atoms with Gasteiger partial charge in [0.25, 0.3) is 0 Å². The minimum absolute atomic E-state index is 0.162. The molecule has 1 nitrogen and oxygen atoms in total. The van der Waals surface area contributed by atoms with Crippen molar-refractivity contribution in [1.29, 1.82) is 0 Å². The summed E-state index contributed by atoms with van der Waals surface area (Å²) in [5.74, 6) is -0.916. The number of benzene rings is 1. The van der Waals surface area contributed by atoms with Crippen molar-refractivity contribution in [3.63, 3.8) is 0 Å². The van der Waals surface area contributed by atoms with Gasteiger partial charge in [0.1, 0.15) is 11.6 Å². The Labute approximate surface area is 101 Å². The van der Waals surface area contributed by atoms with Gasteiger partial charge < -0.3 is 5.32 Å². The van der Waals surface area contributed by atoms with E-state index in [1.165, 1.54) is 6.07 Å². The van der Waals surface area contributed by atoms with E-state index in [2.05, 4.69) is 19.2 Å². The monoisotopic (exact) mass is 239 g/mol. The summed E-state index contributed by atoms with van der Waals surface area (Å²) in [5.41, 5.74) is 0.490. The Balaban J connectivity index is 2.21. The van der Waals surface area contributed by atoms with Crippen LogP contribution in [0.25, 0.3) is 0 Å². The summed E-state index contributed by atoms with van der Waals surface area (Å²) < 4.78 is 26.7. The van der Waals surface area contributed by atoms with E-state index in [4.69, 9.17) is 0 Å². The van der Waals surface area contributed by atoms with Gasteiger partial charge in [-0.3, -0.25) is 0 Å². The molecule has 0 amide bonds. The van der Waals surface area contributed by atoms with Gasteiger partial charge in [-0.15, -0.1) is 0 Å². The minimum atomic E-state index is -0.504. The average Bonchev–Trinajstić information content (AvgIpc) is 2.61. The third-order valence-corrected chi connectivity index (χ3v) is 3.82. The summed E-state index contributed by atoms with van der Waals surface area (Å²) in [5, 5.41) is 3.40. The first-order valence-electron chi connectivity index (χ1n) is 6.24. The summed E-state index contributed by atoms with van der Waals surface area (Å²) >= 11 is 0. The molecular weight excluding hydrogens is 220 g/mol. The highest BCUT2D eigenvalue weighted by Gasteiger charge is 2.37. The highest BCUT2D eigenvalue weighted by Crippen LogP contribution is 2.41. The summed E-state index contributed by atoms with van der Waals surface area (Å²) in [6, 6.07) is 4.39. The zero-order valence-electron chi connectivity index (χ0n) is 10.4. The van der Waals surface area contributed by atoms with Gasteiger partial charge in [0.2, 0.25) is 0 Å². The number of halogens is 2. The number of nitrogens with one attached hydrogen (secondary N) is 1. The largest absolute Gasteiger partial charge is 0.314 e. The second-order valence-corrected chi connectivity index (χ2v) is 5.18. The maximum absolute atomic E-state index is 13.8. The molecule has 1 N–H and O–H groups in total. The highest BCUT2D eigenvalue weighted by atomic mass is 19.1. The summed E-state index contributed by atoms with van der Waals surface area (Å²) in [6.07, 6.45) is 2.93. The van der Waals surface area contributed by atoms with Crippen molar-refractivity contribution in [3.05, 3.63) is 35.4 Å². The first-order chi connectivity index (χ1) is 8.05. The summed E-state index contributed by atoms with van der Waals surface area (Å²) in [6.45, 7) is 5.08. The van der Waals surface area contributed by atoms with E-state index < -0.39 is 11.6 Å². The van der Waals surface area contributed by atoms with Crippen LogP contribution in [0.4, 0.5) is 8.78 Å². The van der Waals surface area contributed by atoms with Gasteiger partial charge in [-0.05, 0) is 42.9 Å². The fourth-order valence-corrected chi connectivity index (χ4v) is 2.93. The van der Waals surface area contributed by atoms with Crippen LogP contribution < -0.4 is 5.32 Å². The van der Waals surface area contributed by atoms with E-state index >= 15 is 0 Å². The van der Waals surface area contributed by atoms with E-state index in [9.17, 15) is 8.78 Å². The van der Waals surface area contributed by atoms with Crippen LogP contribution in [0.15, 0.2) is 18.2 Å². The Morgan fingerprint density at radius 1 is 1.41 bits per heavy atom. The van der Waals surface area contributed by atoms with Crippen LogP contribution in [0.2, 0.25) is 0 Å². The van der Waals surface area contributed by atoms with Crippen molar-refractivity contribution in [2.45, 2.75) is 44.6 Å². The van der Waals surface area contributed by atoms with E-state index in [-0.39, 0.29) is 5.41 Å². The number of hydrogen-bond acceptors (Lipinski definition) is 1. The smallest absolute Gasteiger partial charge is 0.129 e. The lowest BCUT2D eigenvalue weighted by molar-refractivity contribution is 0.432. The highest BCUT2D eigenvalue weighted by molar-refractivity contribution is 5.28. The Hall–Kier alpha value is -0.960. The van der Waals surface area contributed by atoms with Crippen LogP contribution in [-0.2, 0) is 5.41 Å². The molecule has 1 saturated carbocycles. The normalized spacial score (nSPS) is 28.6. The molecule has 1 aromatic carbocycles. The molecule has 1 fully saturated rings. The van der Waals surface area contributed by atoms with Crippen molar-refractivity contribution in [3.8, 4) is 0 Å². The first kappa shape index (κ1) is 12.5. The predicted octanol–water partition coefficient (Wildman–Crippen LogP) is 3.38. The molecule has 0 bridgehead atoms. The van der Waals surface area contributed by atoms with Crippen LogP contribution in [-0.4, -0.2) is 12.6 Å². The maximum Gasteiger partial charge on any atom is 0.129 e. The molecule has 1 aromatic rings. The lowest BCUT2D eigenvalue weighted by atomic mass is 9.80. The van der Waals surface area contributed by atoms with Gasteiger partial charge in [-0.1, -0.05) is 19.9 Å². The fourth-order valence-electron chi connectivity index (χ4n) is 2.93. The van der Waals surface area contributed by atoms with E-state index in [1.54, 1.807) is 6.07 Å². The average molecular weight is 239 g/mol. The molecule has 0 spiro atoms. The summed E-state index contributed by atoms with van der Waals surface area (Å²) in [4.78, 5) is 0. The van der Waals surface area contributed by atoms with Gasteiger partial charge in [-0.25, -0.2) is 8.78 Å². The van der Waals surface area contributed by atoms with Crippen molar-refractivity contribution in [2.75, 3.05) is 6.54 Å². The van der Waals surface area contributed by atoms with E-state index in [1.807, 2.05) is 0 Å². The van der Waals surface area contributed by atoms with Gasteiger partial charge >= 0.3 is 0 Å². The molecule has 2 unspecified atom stereocenters. The topological polar surface area (TPSA) is 12.0 Å². The standard InChI is InChI=1S/C14H19F2N/c1-3-17-11-6-7-14(2,9-11)12-5-4-10(15)8-13(12)16/h4-5,8,11,17H,3,6-7,9H2,1-2H3. The van der Waals surface area contributed by atoms with Crippen molar-refractivity contribution >= 4 is 0 Å². The minimum Gasteiger partial charge on any atom is -0.314 e. The molecular formula is C14H19F2N. The Kier molecular flexibility index (Phi) is 3.48. The molecule has 1 aliphatic carbocycles. The molecule has 0 radical (unpaired) electrons. The van der Waals surface area contributed by atoms with Crippen molar-refractivity contribution < 1.29 is 8.78 Å². The van der Waals surface area contributed by atoms with Gasteiger partial charge in [0, 0.05) is 12.1 Å². The second kappa shape index (κ2) is 4.73.